The largest absolute Gasteiger partial charge is 0.303 e. The first kappa shape index (κ1) is 15.9. The fraction of sp³-hybridized carbons (Fsp3) is 0.500. The molecule has 1 atom stereocenters. The van der Waals surface area contributed by atoms with E-state index in [4.69, 9.17) is 0 Å². The number of imide groups is 1. The summed E-state index contributed by atoms with van der Waals surface area (Å²) in [7, 11) is 0. The number of Topliss-reactive ketones (excluding diaryl/α,β-unsaturated/α-hetero) is 1. The smallest absolute Gasteiger partial charge is 0.251 e. The zero-order chi connectivity index (χ0) is 16.4. The summed E-state index contributed by atoms with van der Waals surface area (Å²) in [6, 6.07) is 6.55. The summed E-state index contributed by atoms with van der Waals surface area (Å²) in [5.41, 5.74) is 1.11. The van der Waals surface area contributed by atoms with Crippen molar-refractivity contribution in [3.63, 3.8) is 0 Å². The highest BCUT2D eigenvalue weighted by molar-refractivity contribution is 6.22. The number of hydrogen-bond donors (Lipinski definition) is 1. The van der Waals surface area contributed by atoms with Gasteiger partial charge in [-0.15, -0.1) is 0 Å². The van der Waals surface area contributed by atoms with Crippen molar-refractivity contribution in [2.45, 2.75) is 57.5 Å². The lowest BCUT2D eigenvalue weighted by atomic mass is 9.95. The Hall–Kier alpha value is -2.01. The molecule has 1 N–H and O–H groups in total. The molecule has 0 bridgehead atoms. The summed E-state index contributed by atoms with van der Waals surface area (Å²) in [4.78, 5) is 37.4. The van der Waals surface area contributed by atoms with Crippen LogP contribution in [-0.2, 0) is 9.59 Å². The summed E-state index contributed by atoms with van der Waals surface area (Å²) in [6.07, 6.45) is 5.98. The molecular formula is C18H22N2O3. The minimum Gasteiger partial charge on any atom is -0.303 e. The second-order valence-electron chi connectivity index (χ2n) is 6.43. The van der Waals surface area contributed by atoms with Gasteiger partial charge in [0.1, 0.15) is 0 Å². The van der Waals surface area contributed by atoms with Crippen molar-refractivity contribution in [3.05, 3.63) is 29.8 Å². The van der Waals surface area contributed by atoms with E-state index in [-0.39, 0.29) is 24.0 Å². The molecule has 0 radical (unpaired) electrons. The number of anilines is 1. The van der Waals surface area contributed by atoms with Gasteiger partial charge in [0.05, 0.1) is 18.2 Å². The number of rotatable bonds is 4. The Kier molecular flexibility index (Phi) is 4.57. The molecule has 1 heterocycles. The molecule has 122 valence electrons. The van der Waals surface area contributed by atoms with Crippen LogP contribution in [0, 0.1) is 0 Å². The third-order valence-corrected chi connectivity index (χ3v) is 4.72. The lowest BCUT2D eigenvalue weighted by Crippen LogP contribution is -2.44. The molecule has 2 aliphatic rings. The number of carbonyl (C=O) groups is 3. The van der Waals surface area contributed by atoms with Crippen LogP contribution >= 0.6 is 0 Å². The summed E-state index contributed by atoms with van der Waals surface area (Å²) >= 11 is 0. The van der Waals surface area contributed by atoms with E-state index in [2.05, 4.69) is 5.32 Å². The summed E-state index contributed by atoms with van der Waals surface area (Å²) in [5, 5.41) is 3.36. The van der Waals surface area contributed by atoms with E-state index < -0.39 is 6.04 Å². The van der Waals surface area contributed by atoms with Crippen LogP contribution in [0.2, 0.25) is 0 Å². The normalized spacial score (nSPS) is 22.7. The van der Waals surface area contributed by atoms with Crippen LogP contribution in [0.4, 0.5) is 5.69 Å². The van der Waals surface area contributed by atoms with Crippen LogP contribution < -0.4 is 10.2 Å². The van der Waals surface area contributed by atoms with Crippen molar-refractivity contribution in [3.8, 4) is 0 Å². The summed E-state index contributed by atoms with van der Waals surface area (Å²) < 4.78 is 0. The van der Waals surface area contributed by atoms with E-state index in [9.17, 15) is 14.4 Å². The number of nitrogens with zero attached hydrogens (tertiary/aromatic N) is 1. The predicted octanol–water partition coefficient (Wildman–Crippen LogP) is 2.44. The lowest BCUT2D eigenvalue weighted by molar-refractivity contribution is -0.121. The van der Waals surface area contributed by atoms with Crippen molar-refractivity contribution >= 4 is 23.3 Å². The third-order valence-electron chi connectivity index (χ3n) is 4.72. The van der Waals surface area contributed by atoms with Crippen LogP contribution in [0.1, 0.15) is 55.8 Å². The standard InChI is InChI=1S/C18H22N2O3/c1-12(21)13-7-9-15(10-8-13)20-17(22)11-16(18(20)23)19-14-5-3-2-4-6-14/h7-10,14,16,19H,2-6,11H2,1H3/t16-/m0/s1. The molecule has 23 heavy (non-hydrogen) atoms. The first-order valence-corrected chi connectivity index (χ1v) is 8.30. The Balaban J connectivity index is 1.71. The van der Waals surface area contributed by atoms with Gasteiger partial charge in [-0.3, -0.25) is 14.4 Å². The number of hydrogen-bond acceptors (Lipinski definition) is 4. The Morgan fingerprint density at radius 3 is 2.35 bits per heavy atom. The second kappa shape index (κ2) is 6.62. The molecule has 1 aliphatic carbocycles. The number of amides is 2. The highest BCUT2D eigenvalue weighted by Crippen LogP contribution is 2.25. The third kappa shape index (κ3) is 3.34. The van der Waals surface area contributed by atoms with Gasteiger partial charge >= 0.3 is 0 Å². The molecule has 1 aliphatic heterocycles. The van der Waals surface area contributed by atoms with Gasteiger partial charge in [0.25, 0.3) is 5.91 Å². The van der Waals surface area contributed by atoms with Crippen LogP contribution in [0.25, 0.3) is 0 Å². The molecule has 2 amide bonds. The monoisotopic (exact) mass is 314 g/mol. The number of nitrogens with one attached hydrogen (secondary N) is 1. The molecule has 3 rings (SSSR count). The number of benzene rings is 1. The predicted molar refractivity (Wildman–Crippen MR) is 87.4 cm³/mol. The van der Waals surface area contributed by atoms with Gasteiger partial charge in [-0.1, -0.05) is 19.3 Å². The molecular weight excluding hydrogens is 292 g/mol. The van der Waals surface area contributed by atoms with E-state index in [0.29, 0.717) is 17.3 Å². The van der Waals surface area contributed by atoms with Gasteiger partial charge in [-0.25, -0.2) is 4.90 Å². The second-order valence-corrected chi connectivity index (χ2v) is 6.43. The number of carbonyl (C=O) groups excluding carboxylic acids is 3. The average Bonchev–Trinajstić information content (AvgIpc) is 2.82. The van der Waals surface area contributed by atoms with Crippen LogP contribution in [0.15, 0.2) is 24.3 Å². The average molecular weight is 314 g/mol. The Morgan fingerprint density at radius 1 is 1.09 bits per heavy atom. The summed E-state index contributed by atoms with van der Waals surface area (Å²) in [5.74, 6) is -0.400. The minimum atomic E-state index is -0.418. The minimum absolute atomic E-state index is 0.0348. The van der Waals surface area contributed by atoms with Crippen LogP contribution in [0.5, 0.6) is 0 Å². The highest BCUT2D eigenvalue weighted by atomic mass is 16.2. The quantitative estimate of drug-likeness (QED) is 0.685. The lowest BCUT2D eigenvalue weighted by Gasteiger charge is -2.25. The van der Waals surface area contributed by atoms with E-state index in [1.807, 2.05) is 0 Å². The van der Waals surface area contributed by atoms with Gasteiger partial charge < -0.3 is 5.32 Å². The van der Waals surface area contributed by atoms with Gasteiger partial charge in [0.2, 0.25) is 5.91 Å². The van der Waals surface area contributed by atoms with E-state index >= 15 is 0 Å². The molecule has 0 aromatic heterocycles. The molecule has 0 spiro atoms. The van der Waals surface area contributed by atoms with Crippen LogP contribution in [-0.4, -0.2) is 29.7 Å². The maximum absolute atomic E-state index is 12.6. The Labute approximate surface area is 136 Å². The van der Waals surface area contributed by atoms with Gasteiger partial charge in [0.15, 0.2) is 5.78 Å². The first-order valence-electron chi connectivity index (χ1n) is 8.30. The summed E-state index contributed by atoms with van der Waals surface area (Å²) in [6.45, 7) is 1.49. The molecule has 1 aromatic rings. The first-order chi connectivity index (χ1) is 11.1. The Bertz CT molecular complexity index is 618. The molecule has 1 saturated heterocycles. The molecule has 5 heteroatoms. The molecule has 1 saturated carbocycles. The van der Waals surface area contributed by atoms with Crippen molar-refractivity contribution in [1.82, 2.24) is 5.32 Å². The fourth-order valence-corrected chi connectivity index (χ4v) is 3.43. The van der Waals surface area contributed by atoms with Crippen molar-refractivity contribution in [1.29, 1.82) is 0 Å². The van der Waals surface area contributed by atoms with Gasteiger partial charge in [-0.2, -0.15) is 0 Å². The fourth-order valence-electron chi connectivity index (χ4n) is 3.43. The molecule has 0 unspecified atom stereocenters. The zero-order valence-corrected chi connectivity index (χ0v) is 13.4. The molecule has 5 nitrogen and oxygen atoms in total. The van der Waals surface area contributed by atoms with E-state index in [1.54, 1.807) is 24.3 Å². The van der Waals surface area contributed by atoms with Crippen molar-refractivity contribution < 1.29 is 14.4 Å². The Morgan fingerprint density at radius 2 is 1.74 bits per heavy atom. The number of ketones is 1. The topological polar surface area (TPSA) is 66.5 Å². The zero-order valence-electron chi connectivity index (χ0n) is 13.4. The van der Waals surface area contributed by atoms with Gasteiger partial charge in [0, 0.05) is 11.6 Å². The maximum atomic E-state index is 12.6. The van der Waals surface area contributed by atoms with Crippen molar-refractivity contribution in [2.24, 2.45) is 0 Å². The molecule has 2 fully saturated rings. The van der Waals surface area contributed by atoms with E-state index in [1.165, 1.54) is 31.1 Å². The SMILES string of the molecule is CC(=O)c1ccc(N2C(=O)C[C@H](NC3CCCCC3)C2=O)cc1. The molecule has 1 aromatic carbocycles. The van der Waals surface area contributed by atoms with Gasteiger partial charge in [-0.05, 0) is 44.0 Å². The van der Waals surface area contributed by atoms with Crippen LogP contribution in [0.3, 0.4) is 0 Å². The maximum Gasteiger partial charge on any atom is 0.251 e. The van der Waals surface area contributed by atoms with Crippen molar-refractivity contribution in [2.75, 3.05) is 4.90 Å². The highest BCUT2D eigenvalue weighted by Gasteiger charge is 2.40. The van der Waals surface area contributed by atoms with E-state index in [0.717, 1.165) is 12.8 Å².